The van der Waals surface area contributed by atoms with E-state index in [0.717, 1.165) is 52.0 Å². The Morgan fingerprint density at radius 1 is 1.33 bits per heavy atom. The van der Waals surface area contributed by atoms with Crippen LogP contribution in [-0.4, -0.2) is 61.0 Å². The van der Waals surface area contributed by atoms with E-state index in [0.29, 0.717) is 6.10 Å². The molecule has 0 amide bonds. The van der Waals surface area contributed by atoms with Crippen LogP contribution in [0.1, 0.15) is 59.3 Å². The van der Waals surface area contributed by atoms with E-state index in [9.17, 15) is 5.11 Å². The molecule has 0 radical (unpaired) electrons. The molecule has 2 unspecified atom stereocenters. The first-order chi connectivity index (χ1) is 10.1. The Morgan fingerprint density at radius 2 is 2.14 bits per heavy atom. The lowest BCUT2D eigenvalue weighted by Gasteiger charge is -2.29. The van der Waals surface area contributed by atoms with E-state index in [4.69, 9.17) is 4.74 Å². The average molecular weight is 300 g/mol. The maximum atomic E-state index is 9.57. The fraction of sp³-hybridized carbons (Fsp3) is 1.00. The number of ether oxygens (including phenoxy) is 1. The molecule has 0 spiro atoms. The van der Waals surface area contributed by atoms with E-state index in [2.05, 4.69) is 31.0 Å². The lowest BCUT2D eigenvalue weighted by Crippen LogP contribution is -2.46. The molecule has 2 atom stereocenters. The van der Waals surface area contributed by atoms with Gasteiger partial charge in [0.1, 0.15) is 0 Å². The van der Waals surface area contributed by atoms with Crippen LogP contribution in [-0.2, 0) is 4.74 Å². The summed E-state index contributed by atoms with van der Waals surface area (Å²) >= 11 is 0. The second kappa shape index (κ2) is 10.5. The number of nitrogens with zero attached hydrogens (tertiary/aromatic N) is 1. The maximum absolute atomic E-state index is 9.57. The Bertz CT molecular complexity index is 257. The van der Waals surface area contributed by atoms with Gasteiger partial charge in [-0.3, -0.25) is 0 Å². The zero-order valence-corrected chi connectivity index (χ0v) is 14.4. The first-order valence-corrected chi connectivity index (χ1v) is 8.83. The molecule has 1 fully saturated rings. The number of aliphatic hydroxyl groups is 1. The quantitative estimate of drug-likeness (QED) is 0.543. The second-order valence-corrected chi connectivity index (χ2v) is 6.63. The Balaban J connectivity index is 2.17. The zero-order chi connectivity index (χ0) is 15.6. The lowest BCUT2D eigenvalue weighted by molar-refractivity contribution is 0.0737. The maximum Gasteiger partial charge on any atom is 0.0702 e. The third kappa shape index (κ3) is 7.59. The van der Waals surface area contributed by atoms with E-state index in [1.54, 1.807) is 0 Å². The molecule has 1 rings (SSSR count). The Kier molecular flexibility index (Phi) is 9.49. The van der Waals surface area contributed by atoms with Crippen LogP contribution < -0.4 is 5.32 Å². The highest BCUT2D eigenvalue weighted by molar-refractivity contribution is 4.82. The standard InChI is InChI=1S/C17H36N2O2/c1-4-11-18-17(3,15-20)10-6-7-12-19(5-2)14-16-9-8-13-21-16/h16,18,20H,4-15H2,1-3H3. The molecule has 0 aromatic carbocycles. The van der Waals surface area contributed by atoms with E-state index in [1.807, 2.05) is 0 Å². The summed E-state index contributed by atoms with van der Waals surface area (Å²) < 4.78 is 5.72. The molecule has 1 aliphatic heterocycles. The van der Waals surface area contributed by atoms with Crippen LogP contribution >= 0.6 is 0 Å². The van der Waals surface area contributed by atoms with Crippen molar-refractivity contribution in [3.8, 4) is 0 Å². The van der Waals surface area contributed by atoms with Crippen LogP contribution in [0, 0.1) is 0 Å². The number of unbranched alkanes of at least 4 members (excludes halogenated alkanes) is 1. The van der Waals surface area contributed by atoms with E-state index in [1.165, 1.54) is 19.3 Å². The minimum Gasteiger partial charge on any atom is -0.394 e. The van der Waals surface area contributed by atoms with Gasteiger partial charge in [0, 0.05) is 18.7 Å². The minimum atomic E-state index is -0.110. The fourth-order valence-corrected chi connectivity index (χ4v) is 2.96. The molecule has 4 nitrogen and oxygen atoms in total. The summed E-state index contributed by atoms with van der Waals surface area (Å²) in [7, 11) is 0. The van der Waals surface area contributed by atoms with Gasteiger partial charge < -0.3 is 20.1 Å². The molecular weight excluding hydrogens is 264 g/mol. The molecule has 0 bridgehead atoms. The molecule has 0 saturated carbocycles. The number of rotatable bonds is 12. The van der Waals surface area contributed by atoms with Crippen molar-refractivity contribution in [2.45, 2.75) is 70.9 Å². The summed E-state index contributed by atoms with van der Waals surface area (Å²) in [6, 6.07) is 0. The van der Waals surface area contributed by atoms with Gasteiger partial charge in [0.25, 0.3) is 0 Å². The minimum absolute atomic E-state index is 0.110. The van der Waals surface area contributed by atoms with Crippen LogP contribution in [0.4, 0.5) is 0 Å². The van der Waals surface area contributed by atoms with Crippen LogP contribution in [0.5, 0.6) is 0 Å². The molecule has 0 aromatic rings. The summed E-state index contributed by atoms with van der Waals surface area (Å²) in [5, 5.41) is 13.0. The molecule has 1 heterocycles. The van der Waals surface area contributed by atoms with Gasteiger partial charge in [-0.15, -0.1) is 0 Å². The van der Waals surface area contributed by atoms with Crippen molar-refractivity contribution in [2.75, 3.05) is 39.4 Å². The van der Waals surface area contributed by atoms with E-state index < -0.39 is 0 Å². The molecule has 4 heteroatoms. The fourth-order valence-electron chi connectivity index (χ4n) is 2.96. The van der Waals surface area contributed by atoms with Gasteiger partial charge >= 0.3 is 0 Å². The Hall–Kier alpha value is -0.160. The smallest absolute Gasteiger partial charge is 0.0702 e. The van der Waals surface area contributed by atoms with Crippen molar-refractivity contribution in [3.05, 3.63) is 0 Å². The van der Waals surface area contributed by atoms with Gasteiger partial charge in [0.2, 0.25) is 0 Å². The molecule has 126 valence electrons. The van der Waals surface area contributed by atoms with Crippen molar-refractivity contribution in [2.24, 2.45) is 0 Å². The summed E-state index contributed by atoms with van der Waals surface area (Å²) in [5.74, 6) is 0. The highest BCUT2D eigenvalue weighted by atomic mass is 16.5. The molecular formula is C17H36N2O2. The normalized spacial score (nSPS) is 21.9. The molecule has 1 aliphatic rings. The van der Waals surface area contributed by atoms with Crippen molar-refractivity contribution in [1.82, 2.24) is 10.2 Å². The largest absolute Gasteiger partial charge is 0.394 e. The number of aliphatic hydroxyl groups excluding tert-OH is 1. The molecule has 0 aliphatic carbocycles. The molecule has 2 N–H and O–H groups in total. The molecule has 0 aromatic heterocycles. The van der Waals surface area contributed by atoms with Crippen molar-refractivity contribution in [1.29, 1.82) is 0 Å². The van der Waals surface area contributed by atoms with Crippen molar-refractivity contribution in [3.63, 3.8) is 0 Å². The summed E-state index contributed by atoms with van der Waals surface area (Å²) in [5.41, 5.74) is -0.110. The highest BCUT2D eigenvalue weighted by Gasteiger charge is 2.22. The molecule has 1 saturated heterocycles. The Labute approximate surface area is 131 Å². The lowest BCUT2D eigenvalue weighted by atomic mass is 9.95. The predicted octanol–water partition coefficient (Wildman–Crippen LogP) is 2.41. The van der Waals surface area contributed by atoms with Gasteiger partial charge in [-0.05, 0) is 58.7 Å². The topological polar surface area (TPSA) is 44.7 Å². The summed E-state index contributed by atoms with van der Waals surface area (Å²) in [6.45, 7) is 12.0. The van der Waals surface area contributed by atoms with Crippen molar-refractivity contribution < 1.29 is 9.84 Å². The highest BCUT2D eigenvalue weighted by Crippen LogP contribution is 2.16. The number of hydrogen-bond acceptors (Lipinski definition) is 4. The van der Waals surface area contributed by atoms with Gasteiger partial charge in [0.15, 0.2) is 0 Å². The monoisotopic (exact) mass is 300 g/mol. The second-order valence-electron chi connectivity index (χ2n) is 6.63. The number of nitrogens with one attached hydrogen (secondary N) is 1. The zero-order valence-electron chi connectivity index (χ0n) is 14.4. The third-order valence-electron chi connectivity index (χ3n) is 4.54. The Morgan fingerprint density at radius 3 is 2.71 bits per heavy atom. The van der Waals surface area contributed by atoms with Gasteiger partial charge in [-0.25, -0.2) is 0 Å². The van der Waals surface area contributed by atoms with E-state index >= 15 is 0 Å². The van der Waals surface area contributed by atoms with Crippen LogP contribution in [0.2, 0.25) is 0 Å². The predicted molar refractivity (Wildman–Crippen MR) is 88.7 cm³/mol. The third-order valence-corrected chi connectivity index (χ3v) is 4.54. The average Bonchev–Trinajstić information content (AvgIpc) is 3.01. The van der Waals surface area contributed by atoms with Gasteiger partial charge in [0.05, 0.1) is 12.7 Å². The van der Waals surface area contributed by atoms with Crippen LogP contribution in [0.25, 0.3) is 0 Å². The summed E-state index contributed by atoms with van der Waals surface area (Å²) in [6.07, 6.45) is 7.42. The van der Waals surface area contributed by atoms with Gasteiger partial charge in [-0.1, -0.05) is 20.3 Å². The van der Waals surface area contributed by atoms with Crippen LogP contribution in [0.15, 0.2) is 0 Å². The van der Waals surface area contributed by atoms with Gasteiger partial charge in [-0.2, -0.15) is 0 Å². The van der Waals surface area contributed by atoms with E-state index in [-0.39, 0.29) is 12.1 Å². The molecule has 21 heavy (non-hydrogen) atoms. The summed E-state index contributed by atoms with van der Waals surface area (Å²) in [4.78, 5) is 2.51. The number of likely N-dealkylation sites (N-methyl/N-ethyl adjacent to an activating group) is 1. The SMILES string of the molecule is CCCNC(C)(CO)CCCCN(CC)CC1CCCO1. The van der Waals surface area contributed by atoms with Crippen LogP contribution in [0.3, 0.4) is 0 Å². The first kappa shape index (κ1) is 18.9. The number of hydrogen-bond donors (Lipinski definition) is 2. The first-order valence-electron chi connectivity index (χ1n) is 8.83. The van der Waals surface area contributed by atoms with Crippen molar-refractivity contribution >= 4 is 0 Å².